The minimum atomic E-state index is -0.0343. The van der Waals surface area contributed by atoms with Gasteiger partial charge in [0.1, 0.15) is 5.82 Å². The van der Waals surface area contributed by atoms with Gasteiger partial charge in [0, 0.05) is 0 Å². The van der Waals surface area contributed by atoms with Gasteiger partial charge in [-0.15, -0.1) is 0 Å². The first-order chi connectivity index (χ1) is 12.6. The number of hydrogen-bond donors (Lipinski definition) is 0. The van der Waals surface area contributed by atoms with Gasteiger partial charge in [0.25, 0.3) is 0 Å². The van der Waals surface area contributed by atoms with E-state index in [1.807, 2.05) is 19.1 Å². The molecule has 0 amide bonds. The Hall–Kier alpha value is -1.11. The van der Waals surface area contributed by atoms with Gasteiger partial charge in [-0.1, -0.05) is 56.4 Å². The van der Waals surface area contributed by atoms with Crippen molar-refractivity contribution in [3.05, 3.63) is 46.8 Å². The Balaban J connectivity index is 1.75. The Kier molecular flexibility index (Phi) is 6.95. The Bertz CT molecular complexity index is 607. The van der Waals surface area contributed by atoms with E-state index in [0.717, 1.165) is 12.0 Å². The number of halogens is 1. The maximum absolute atomic E-state index is 14.2. The molecule has 0 spiro atoms. The second kappa shape index (κ2) is 9.20. The molecule has 1 fully saturated rings. The van der Waals surface area contributed by atoms with Gasteiger partial charge in [-0.05, 0) is 93.2 Å². The summed E-state index contributed by atoms with van der Waals surface area (Å²) in [6.07, 6.45) is 19.7. The molecule has 0 radical (unpaired) electrons. The fraction of sp³-hybridized carbons (Fsp3) is 0.680. The molecule has 0 heterocycles. The molecule has 3 rings (SSSR count). The highest BCUT2D eigenvalue weighted by atomic mass is 19.1. The molecule has 1 atom stereocenters. The van der Waals surface area contributed by atoms with Crippen LogP contribution in [-0.4, -0.2) is 0 Å². The van der Waals surface area contributed by atoms with E-state index in [9.17, 15) is 4.39 Å². The quantitative estimate of drug-likeness (QED) is 0.431. The third-order valence-corrected chi connectivity index (χ3v) is 7.25. The SMILES string of the molecule is CCC1(CCC(CC2=CCCCC2)c2ccc(C)c(F)c2)CCCCC1. The van der Waals surface area contributed by atoms with Gasteiger partial charge >= 0.3 is 0 Å². The monoisotopic (exact) mass is 356 g/mol. The predicted molar refractivity (Wildman–Crippen MR) is 110 cm³/mol. The average molecular weight is 357 g/mol. The van der Waals surface area contributed by atoms with Crippen LogP contribution in [0.15, 0.2) is 29.8 Å². The molecule has 0 N–H and O–H groups in total. The normalized spacial score (nSPS) is 21.3. The highest BCUT2D eigenvalue weighted by Crippen LogP contribution is 2.45. The average Bonchev–Trinajstić information content (AvgIpc) is 2.69. The van der Waals surface area contributed by atoms with Crippen molar-refractivity contribution in [1.29, 1.82) is 0 Å². The van der Waals surface area contributed by atoms with Crippen molar-refractivity contribution in [3.8, 4) is 0 Å². The second-order valence-electron chi connectivity index (χ2n) is 8.97. The van der Waals surface area contributed by atoms with Gasteiger partial charge < -0.3 is 0 Å². The Morgan fingerprint density at radius 3 is 2.54 bits per heavy atom. The molecule has 0 aliphatic heterocycles. The Morgan fingerprint density at radius 2 is 1.88 bits per heavy atom. The summed E-state index contributed by atoms with van der Waals surface area (Å²) in [4.78, 5) is 0. The minimum Gasteiger partial charge on any atom is -0.207 e. The van der Waals surface area contributed by atoms with Crippen molar-refractivity contribution in [2.45, 2.75) is 103 Å². The third-order valence-electron chi connectivity index (χ3n) is 7.25. The zero-order valence-electron chi connectivity index (χ0n) is 17.0. The molecule has 0 aromatic heterocycles. The first kappa shape index (κ1) is 19.6. The summed E-state index contributed by atoms with van der Waals surface area (Å²) < 4.78 is 14.2. The van der Waals surface area contributed by atoms with Crippen LogP contribution in [0.5, 0.6) is 0 Å². The van der Waals surface area contributed by atoms with Crippen LogP contribution in [0.25, 0.3) is 0 Å². The van der Waals surface area contributed by atoms with E-state index in [1.54, 1.807) is 5.57 Å². The van der Waals surface area contributed by atoms with E-state index in [0.29, 0.717) is 11.3 Å². The number of rotatable bonds is 7. The largest absolute Gasteiger partial charge is 0.207 e. The fourth-order valence-electron chi connectivity index (χ4n) is 5.22. The fourth-order valence-corrected chi connectivity index (χ4v) is 5.22. The summed E-state index contributed by atoms with van der Waals surface area (Å²) in [5.41, 5.74) is 4.17. The van der Waals surface area contributed by atoms with Crippen LogP contribution in [-0.2, 0) is 0 Å². The molecule has 1 unspecified atom stereocenters. The molecule has 1 aromatic carbocycles. The van der Waals surface area contributed by atoms with Crippen molar-refractivity contribution in [2.24, 2.45) is 5.41 Å². The molecule has 1 saturated carbocycles. The van der Waals surface area contributed by atoms with E-state index in [1.165, 1.54) is 82.6 Å². The molecule has 26 heavy (non-hydrogen) atoms. The van der Waals surface area contributed by atoms with Crippen molar-refractivity contribution in [2.75, 3.05) is 0 Å². The zero-order chi connectivity index (χ0) is 18.4. The van der Waals surface area contributed by atoms with Crippen LogP contribution in [0, 0.1) is 18.2 Å². The van der Waals surface area contributed by atoms with Gasteiger partial charge in [-0.25, -0.2) is 4.39 Å². The Labute approximate surface area is 160 Å². The molecule has 2 aliphatic rings. The third kappa shape index (κ3) is 4.99. The minimum absolute atomic E-state index is 0.0343. The van der Waals surface area contributed by atoms with Crippen LogP contribution >= 0.6 is 0 Å². The highest BCUT2D eigenvalue weighted by molar-refractivity contribution is 5.27. The smallest absolute Gasteiger partial charge is 0.126 e. The molecular formula is C25H37F. The topological polar surface area (TPSA) is 0 Å². The summed E-state index contributed by atoms with van der Waals surface area (Å²) >= 11 is 0. The molecule has 0 bridgehead atoms. The summed E-state index contributed by atoms with van der Waals surface area (Å²) in [6, 6.07) is 5.98. The van der Waals surface area contributed by atoms with E-state index < -0.39 is 0 Å². The maximum atomic E-state index is 14.2. The molecule has 2 aliphatic carbocycles. The molecule has 0 nitrogen and oxygen atoms in total. The van der Waals surface area contributed by atoms with Gasteiger partial charge in [-0.2, -0.15) is 0 Å². The summed E-state index contributed by atoms with van der Waals surface area (Å²) in [6.45, 7) is 4.25. The predicted octanol–water partition coefficient (Wildman–Crippen LogP) is 8.25. The van der Waals surface area contributed by atoms with E-state index in [-0.39, 0.29) is 5.82 Å². The van der Waals surface area contributed by atoms with Crippen LogP contribution in [0.2, 0.25) is 0 Å². The molecule has 0 saturated heterocycles. The summed E-state index contributed by atoms with van der Waals surface area (Å²) in [5, 5.41) is 0. The van der Waals surface area contributed by atoms with Crippen LogP contribution in [0.1, 0.15) is 107 Å². The van der Waals surface area contributed by atoms with E-state index >= 15 is 0 Å². The number of benzene rings is 1. The van der Waals surface area contributed by atoms with E-state index in [2.05, 4.69) is 19.1 Å². The number of aryl methyl sites for hydroxylation is 1. The first-order valence-corrected chi connectivity index (χ1v) is 11.1. The van der Waals surface area contributed by atoms with Gasteiger partial charge in [0.15, 0.2) is 0 Å². The first-order valence-electron chi connectivity index (χ1n) is 11.1. The summed E-state index contributed by atoms with van der Waals surface area (Å²) in [7, 11) is 0. The van der Waals surface area contributed by atoms with Crippen molar-refractivity contribution < 1.29 is 4.39 Å². The molecule has 1 aromatic rings. The molecule has 144 valence electrons. The lowest BCUT2D eigenvalue weighted by molar-refractivity contribution is 0.156. The Morgan fingerprint density at radius 1 is 1.08 bits per heavy atom. The molecule has 1 heteroatoms. The van der Waals surface area contributed by atoms with Crippen LogP contribution in [0.4, 0.5) is 4.39 Å². The molecular weight excluding hydrogens is 319 g/mol. The number of allylic oxidation sites excluding steroid dienone is 2. The second-order valence-corrected chi connectivity index (χ2v) is 8.97. The lowest BCUT2D eigenvalue weighted by atomic mass is 9.68. The van der Waals surface area contributed by atoms with Crippen LogP contribution < -0.4 is 0 Å². The maximum Gasteiger partial charge on any atom is 0.126 e. The van der Waals surface area contributed by atoms with Crippen molar-refractivity contribution >= 4 is 0 Å². The standard InChI is InChI=1S/C25H37F/c1-3-25(15-8-5-9-16-25)17-14-23(18-21-10-6-4-7-11-21)22-13-12-20(2)24(26)19-22/h10,12-13,19,23H,3-9,11,14-18H2,1-2H3. The number of hydrogen-bond acceptors (Lipinski definition) is 0. The van der Waals surface area contributed by atoms with Gasteiger partial charge in [0.05, 0.1) is 0 Å². The lowest BCUT2D eigenvalue weighted by Gasteiger charge is -2.38. The van der Waals surface area contributed by atoms with Crippen LogP contribution in [0.3, 0.4) is 0 Å². The van der Waals surface area contributed by atoms with E-state index in [4.69, 9.17) is 0 Å². The highest BCUT2D eigenvalue weighted by Gasteiger charge is 2.31. The van der Waals surface area contributed by atoms with Crippen molar-refractivity contribution in [1.82, 2.24) is 0 Å². The van der Waals surface area contributed by atoms with Crippen molar-refractivity contribution in [3.63, 3.8) is 0 Å². The van der Waals surface area contributed by atoms with Gasteiger partial charge in [-0.3, -0.25) is 0 Å². The summed E-state index contributed by atoms with van der Waals surface area (Å²) in [5.74, 6) is 0.452. The zero-order valence-corrected chi connectivity index (χ0v) is 17.0. The van der Waals surface area contributed by atoms with Gasteiger partial charge in [0.2, 0.25) is 0 Å². The lowest BCUT2D eigenvalue weighted by Crippen LogP contribution is -2.24.